The van der Waals surface area contributed by atoms with E-state index in [2.05, 4.69) is 27.7 Å². The Morgan fingerprint density at radius 1 is 0.842 bits per heavy atom. The molecule has 0 heterocycles. The van der Waals surface area contributed by atoms with E-state index in [0.717, 1.165) is 24.7 Å². The van der Waals surface area contributed by atoms with Crippen LogP contribution in [-0.2, 0) is 9.53 Å². The van der Waals surface area contributed by atoms with Crippen LogP contribution in [0.2, 0.25) is 0 Å². The van der Waals surface area contributed by atoms with Crippen molar-refractivity contribution in [3.63, 3.8) is 0 Å². The number of ether oxygens (including phenoxy) is 1. The molecule has 2 atom stereocenters. The van der Waals surface area contributed by atoms with Gasteiger partial charge >= 0.3 is 5.97 Å². The zero-order valence-electron chi connectivity index (χ0n) is 13.7. The van der Waals surface area contributed by atoms with Gasteiger partial charge in [0.25, 0.3) is 0 Å². The fourth-order valence-electron chi connectivity index (χ4n) is 2.71. The van der Waals surface area contributed by atoms with Crippen molar-refractivity contribution in [2.24, 2.45) is 11.8 Å². The highest BCUT2D eigenvalue weighted by molar-refractivity contribution is 5.66. The highest BCUT2D eigenvalue weighted by Gasteiger charge is 2.15. The summed E-state index contributed by atoms with van der Waals surface area (Å²) in [5.74, 6) is 1.36. The summed E-state index contributed by atoms with van der Waals surface area (Å²) in [6, 6.07) is 0. The van der Waals surface area contributed by atoms with Gasteiger partial charge in [0.1, 0.15) is 6.10 Å². The maximum atomic E-state index is 11.2. The molecule has 0 saturated carbocycles. The molecule has 0 aliphatic heterocycles. The van der Waals surface area contributed by atoms with Crippen LogP contribution in [0.15, 0.2) is 0 Å². The van der Waals surface area contributed by atoms with E-state index in [1.165, 1.54) is 45.4 Å². The Hall–Kier alpha value is -0.530. The van der Waals surface area contributed by atoms with E-state index in [1.54, 1.807) is 0 Å². The van der Waals surface area contributed by atoms with Crippen LogP contribution in [0.4, 0.5) is 0 Å². The van der Waals surface area contributed by atoms with Gasteiger partial charge in [-0.2, -0.15) is 0 Å². The predicted molar refractivity (Wildman–Crippen MR) is 82.2 cm³/mol. The zero-order valence-corrected chi connectivity index (χ0v) is 13.7. The van der Waals surface area contributed by atoms with Crippen LogP contribution < -0.4 is 0 Å². The van der Waals surface area contributed by atoms with Gasteiger partial charge in [0.05, 0.1) is 0 Å². The van der Waals surface area contributed by atoms with Crippen LogP contribution in [0.25, 0.3) is 0 Å². The van der Waals surface area contributed by atoms with Gasteiger partial charge in [-0.3, -0.25) is 4.79 Å². The third kappa shape index (κ3) is 11.0. The average Bonchev–Trinajstić information content (AvgIpc) is 2.33. The molecule has 0 saturated heterocycles. The van der Waals surface area contributed by atoms with Crippen molar-refractivity contribution in [3.8, 4) is 0 Å². The maximum absolute atomic E-state index is 11.2. The van der Waals surface area contributed by atoms with Gasteiger partial charge in [-0.05, 0) is 37.5 Å². The lowest BCUT2D eigenvalue weighted by Crippen LogP contribution is -2.18. The Kier molecular flexibility index (Phi) is 11.0. The lowest BCUT2D eigenvalue weighted by Gasteiger charge is -2.20. The Labute approximate surface area is 120 Å². The van der Waals surface area contributed by atoms with Gasteiger partial charge in [0.15, 0.2) is 0 Å². The smallest absolute Gasteiger partial charge is 0.302 e. The number of carbonyl (C=O) groups excluding carboxylic acids is 1. The van der Waals surface area contributed by atoms with Gasteiger partial charge in [0, 0.05) is 6.92 Å². The quantitative estimate of drug-likeness (QED) is 0.473. The molecule has 0 radical (unpaired) electrons. The second kappa shape index (κ2) is 11.3. The topological polar surface area (TPSA) is 26.3 Å². The molecule has 0 bridgehead atoms. The second-order valence-corrected chi connectivity index (χ2v) is 6.17. The Morgan fingerprint density at radius 3 is 1.58 bits per heavy atom. The van der Waals surface area contributed by atoms with Crippen molar-refractivity contribution in [1.82, 2.24) is 0 Å². The molecule has 0 amide bonds. The molecule has 114 valence electrons. The van der Waals surface area contributed by atoms with Gasteiger partial charge in [-0.25, -0.2) is 0 Å². The first-order valence-corrected chi connectivity index (χ1v) is 8.16. The molecule has 0 aliphatic carbocycles. The molecule has 0 rings (SSSR count). The van der Waals surface area contributed by atoms with E-state index in [4.69, 9.17) is 4.74 Å². The van der Waals surface area contributed by atoms with Crippen molar-refractivity contribution < 1.29 is 9.53 Å². The molecule has 0 fully saturated rings. The number of rotatable bonds is 11. The summed E-state index contributed by atoms with van der Waals surface area (Å²) < 4.78 is 5.47. The predicted octanol–water partition coefficient (Wildman–Crippen LogP) is 5.35. The lowest BCUT2D eigenvalue weighted by atomic mass is 9.93. The molecule has 0 aliphatic rings. The first-order valence-electron chi connectivity index (χ1n) is 8.16. The average molecular weight is 270 g/mol. The molecule has 0 aromatic heterocycles. The van der Waals surface area contributed by atoms with E-state index in [0.29, 0.717) is 0 Å². The van der Waals surface area contributed by atoms with Crippen LogP contribution in [-0.4, -0.2) is 12.1 Å². The molecular weight excluding hydrogens is 236 g/mol. The summed E-state index contributed by atoms with van der Waals surface area (Å²) in [4.78, 5) is 11.2. The number of esters is 1. The van der Waals surface area contributed by atoms with Crippen LogP contribution in [0.1, 0.15) is 86.0 Å². The third-order valence-corrected chi connectivity index (χ3v) is 3.86. The summed E-state index contributed by atoms with van der Waals surface area (Å²) in [6.07, 6.45) is 9.58. The van der Waals surface area contributed by atoms with Crippen molar-refractivity contribution in [3.05, 3.63) is 0 Å². The zero-order chi connectivity index (χ0) is 14.7. The van der Waals surface area contributed by atoms with Gasteiger partial charge in [0.2, 0.25) is 0 Å². The molecular formula is C17H34O2. The fourth-order valence-corrected chi connectivity index (χ4v) is 2.71. The number of hydrogen-bond acceptors (Lipinski definition) is 2. The molecule has 0 aromatic rings. The van der Waals surface area contributed by atoms with E-state index in [9.17, 15) is 4.79 Å². The van der Waals surface area contributed by atoms with Crippen LogP contribution in [0, 0.1) is 11.8 Å². The molecule has 19 heavy (non-hydrogen) atoms. The lowest BCUT2D eigenvalue weighted by molar-refractivity contribution is -0.147. The van der Waals surface area contributed by atoms with E-state index < -0.39 is 0 Å². The third-order valence-electron chi connectivity index (χ3n) is 3.86. The van der Waals surface area contributed by atoms with Crippen molar-refractivity contribution in [2.45, 2.75) is 92.1 Å². The van der Waals surface area contributed by atoms with Crippen molar-refractivity contribution >= 4 is 5.97 Å². The summed E-state index contributed by atoms with van der Waals surface area (Å²) in [7, 11) is 0. The molecule has 0 spiro atoms. The van der Waals surface area contributed by atoms with Gasteiger partial charge in [-0.15, -0.1) is 0 Å². The molecule has 2 heteroatoms. The normalized spacial score (nSPS) is 15.8. The van der Waals surface area contributed by atoms with Crippen LogP contribution in [0.3, 0.4) is 0 Å². The van der Waals surface area contributed by atoms with Crippen molar-refractivity contribution in [1.29, 1.82) is 0 Å². The minimum absolute atomic E-state index is 0.128. The first kappa shape index (κ1) is 18.5. The summed E-state index contributed by atoms with van der Waals surface area (Å²) in [6.45, 7) is 10.6. The second-order valence-electron chi connectivity index (χ2n) is 6.17. The highest BCUT2D eigenvalue weighted by Crippen LogP contribution is 2.21. The largest absolute Gasteiger partial charge is 0.463 e. The Bertz CT molecular complexity index is 209. The maximum Gasteiger partial charge on any atom is 0.302 e. The molecule has 2 unspecified atom stereocenters. The molecule has 2 nitrogen and oxygen atoms in total. The molecule has 0 N–H and O–H groups in total. The van der Waals surface area contributed by atoms with Crippen LogP contribution in [0.5, 0.6) is 0 Å². The number of carbonyl (C=O) groups is 1. The van der Waals surface area contributed by atoms with E-state index >= 15 is 0 Å². The number of hydrogen-bond donors (Lipinski definition) is 0. The van der Waals surface area contributed by atoms with Gasteiger partial charge in [-0.1, -0.05) is 53.4 Å². The van der Waals surface area contributed by atoms with Crippen LogP contribution >= 0.6 is 0 Å². The van der Waals surface area contributed by atoms with E-state index in [-0.39, 0.29) is 12.1 Å². The fraction of sp³-hybridized carbons (Fsp3) is 0.941. The minimum atomic E-state index is -0.128. The van der Waals surface area contributed by atoms with Crippen molar-refractivity contribution in [2.75, 3.05) is 0 Å². The first-order chi connectivity index (χ1) is 8.99. The Morgan fingerprint density at radius 2 is 1.26 bits per heavy atom. The van der Waals surface area contributed by atoms with E-state index in [1.807, 2.05) is 0 Å². The summed E-state index contributed by atoms with van der Waals surface area (Å²) in [5, 5.41) is 0. The minimum Gasteiger partial charge on any atom is -0.463 e. The van der Waals surface area contributed by atoms with Gasteiger partial charge < -0.3 is 4.74 Å². The Balaban J connectivity index is 4.04. The highest BCUT2D eigenvalue weighted by atomic mass is 16.5. The monoisotopic (exact) mass is 270 g/mol. The SMILES string of the molecule is CCCC(C)CCC(CCC(C)CCC)OC(C)=O. The summed E-state index contributed by atoms with van der Waals surface area (Å²) >= 11 is 0. The summed E-state index contributed by atoms with van der Waals surface area (Å²) in [5.41, 5.74) is 0. The molecule has 0 aromatic carbocycles. The standard InChI is InChI=1S/C17H34O2/c1-6-8-14(3)10-12-17(19-16(5)18)13-11-15(4)9-7-2/h14-15,17H,6-13H2,1-5H3.